The second kappa shape index (κ2) is 8.81. The van der Waals surface area contributed by atoms with Crippen molar-refractivity contribution in [2.75, 3.05) is 0 Å². The van der Waals surface area contributed by atoms with E-state index in [1.54, 1.807) is 31.2 Å². The maximum atomic E-state index is 12.2. The van der Waals surface area contributed by atoms with Crippen LogP contribution in [0.3, 0.4) is 0 Å². The minimum absolute atomic E-state index is 0.350. The van der Waals surface area contributed by atoms with E-state index in [1.165, 1.54) is 5.48 Å². The van der Waals surface area contributed by atoms with Crippen molar-refractivity contribution in [1.29, 1.82) is 0 Å². The Hall–Kier alpha value is -2.90. The van der Waals surface area contributed by atoms with E-state index in [0.29, 0.717) is 17.9 Å². The summed E-state index contributed by atoms with van der Waals surface area (Å²) in [5.74, 6) is -0.621. The topological polar surface area (TPSA) is 114 Å². The van der Waals surface area contributed by atoms with E-state index >= 15 is 0 Å². The van der Waals surface area contributed by atoms with Crippen molar-refractivity contribution >= 4 is 11.8 Å². The number of rotatable bonds is 7. The number of nitrogens with two attached hydrogens (primary N) is 1. The molecule has 2 aromatic carbocycles. The molecule has 2 amide bonds. The van der Waals surface area contributed by atoms with Gasteiger partial charge in [0.25, 0.3) is 11.8 Å². The molecule has 0 aliphatic carbocycles. The summed E-state index contributed by atoms with van der Waals surface area (Å²) in [6.07, 6.45) is 0. The van der Waals surface area contributed by atoms with E-state index in [2.05, 4.69) is 5.32 Å². The van der Waals surface area contributed by atoms with Gasteiger partial charge in [-0.3, -0.25) is 14.8 Å². The van der Waals surface area contributed by atoms with Crippen LogP contribution in [0.5, 0.6) is 5.75 Å². The second-order valence-electron chi connectivity index (χ2n) is 5.58. The molecule has 0 aliphatic heterocycles. The molecular formula is C18H21N3O4. The predicted molar refractivity (Wildman–Crippen MR) is 92.0 cm³/mol. The van der Waals surface area contributed by atoms with Crippen molar-refractivity contribution < 1.29 is 19.5 Å². The number of hydrogen-bond acceptors (Lipinski definition) is 5. The van der Waals surface area contributed by atoms with Crippen LogP contribution in [0.4, 0.5) is 0 Å². The van der Waals surface area contributed by atoms with E-state index in [4.69, 9.17) is 15.7 Å². The lowest BCUT2D eigenvalue weighted by molar-refractivity contribution is -0.131. The third-order valence-electron chi connectivity index (χ3n) is 3.57. The highest BCUT2D eigenvalue weighted by atomic mass is 16.5. The molecule has 2 aromatic rings. The Morgan fingerprint density at radius 3 is 2.32 bits per heavy atom. The van der Waals surface area contributed by atoms with Gasteiger partial charge in [0.15, 0.2) is 0 Å². The van der Waals surface area contributed by atoms with Crippen LogP contribution in [0.1, 0.15) is 22.8 Å². The van der Waals surface area contributed by atoms with Gasteiger partial charge in [0.05, 0.1) is 0 Å². The Bertz CT molecular complexity index is 702. The largest absolute Gasteiger partial charge is 0.489 e. The standard InChI is InChI=1S/C18H21N3O4/c1-12(19)16(18(23)21-24)20-17(22)14-7-9-15(10-8-14)25-11-13-5-3-2-4-6-13/h2-10,12,16,24H,11,19H2,1H3,(H,20,22)(H,21,23)/t12-,16+/m1/s1. The van der Waals surface area contributed by atoms with Crippen LogP contribution in [0.15, 0.2) is 54.6 Å². The van der Waals surface area contributed by atoms with Gasteiger partial charge in [-0.25, -0.2) is 5.48 Å². The highest BCUT2D eigenvalue weighted by Crippen LogP contribution is 2.14. The normalized spacial score (nSPS) is 12.8. The third kappa shape index (κ3) is 5.30. The van der Waals surface area contributed by atoms with Gasteiger partial charge in [-0.15, -0.1) is 0 Å². The zero-order chi connectivity index (χ0) is 18.2. The van der Waals surface area contributed by atoms with E-state index in [-0.39, 0.29) is 0 Å². The Morgan fingerprint density at radius 1 is 1.12 bits per heavy atom. The van der Waals surface area contributed by atoms with Crippen molar-refractivity contribution in [2.24, 2.45) is 5.73 Å². The number of carbonyl (C=O) groups excluding carboxylic acids is 2. The first kappa shape index (κ1) is 18.4. The zero-order valence-corrected chi connectivity index (χ0v) is 13.8. The molecule has 2 atom stereocenters. The highest BCUT2D eigenvalue weighted by Gasteiger charge is 2.24. The van der Waals surface area contributed by atoms with Crippen LogP contribution in [-0.4, -0.2) is 29.1 Å². The molecule has 0 aliphatic rings. The van der Waals surface area contributed by atoms with Crippen LogP contribution < -0.4 is 21.3 Å². The first-order chi connectivity index (χ1) is 12.0. The van der Waals surface area contributed by atoms with E-state index in [1.807, 2.05) is 30.3 Å². The Labute approximate surface area is 145 Å². The molecule has 0 saturated carbocycles. The average Bonchev–Trinajstić information content (AvgIpc) is 2.64. The molecule has 0 radical (unpaired) electrons. The fraction of sp³-hybridized carbons (Fsp3) is 0.222. The quantitative estimate of drug-likeness (QED) is 0.446. The molecule has 7 heteroatoms. The number of nitrogens with one attached hydrogen (secondary N) is 2. The van der Waals surface area contributed by atoms with Gasteiger partial charge in [-0.1, -0.05) is 30.3 Å². The predicted octanol–water partition coefficient (Wildman–Crippen LogP) is 1.22. The molecule has 0 aromatic heterocycles. The molecular weight excluding hydrogens is 322 g/mol. The van der Waals surface area contributed by atoms with E-state index in [9.17, 15) is 9.59 Å². The summed E-state index contributed by atoms with van der Waals surface area (Å²) in [6, 6.07) is 14.5. The molecule has 7 nitrogen and oxygen atoms in total. The molecule has 0 spiro atoms. The van der Waals surface area contributed by atoms with Gasteiger partial charge in [-0.05, 0) is 36.8 Å². The van der Waals surface area contributed by atoms with Crippen molar-refractivity contribution in [1.82, 2.24) is 10.8 Å². The summed E-state index contributed by atoms with van der Waals surface area (Å²) in [6.45, 7) is 1.98. The lowest BCUT2D eigenvalue weighted by atomic mass is 10.1. The van der Waals surface area contributed by atoms with Gasteiger partial charge in [0.2, 0.25) is 0 Å². The molecule has 132 valence electrons. The minimum Gasteiger partial charge on any atom is -0.489 e. The van der Waals surface area contributed by atoms with Crippen LogP contribution in [0, 0.1) is 0 Å². The summed E-state index contributed by atoms with van der Waals surface area (Å²) in [7, 11) is 0. The Balaban J connectivity index is 1.96. The summed E-state index contributed by atoms with van der Waals surface area (Å²) >= 11 is 0. The van der Waals surface area contributed by atoms with Gasteiger partial charge in [-0.2, -0.15) is 0 Å². The summed E-state index contributed by atoms with van der Waals surface area (Å²) in [5, 5.41) is 11.2. The van der Waals surface area contributed by atoms with E-state index < -0.39 is 23.9 Å². The Kier molecular flexibility index (Phi) is 6.50. The van der Waals surface area contributed by atoms with E-state index in [0.717, 1.165) is 5.56 Å². The van der Waals surface area contributed by atoms with Gasteiger partial charge < -0.3 is 15.8 Å². The molecule has 0 unspecified atom stereocenters. The first-order valence-electron chi connectivity index (χ1n) is 7.78. The number of benzene rings is 2. The molecule has 0 fully saturated rings. The number of amides is 2. The van der Waals surface area contributed by atoms with Gasteiger partial charge >= 0.3 is 0 Å². The SMILES string of the molecule is C[C@@H](N)[C@H](NC(=O)c1ccc(OCc2ccccc2)cc1)C(=O)NO. The molecule has 0 bridgehead atoms. The maximum Gasteiger partial charge on any atom is 0.267 e. The summed E-state index contributed by atoms with van der Waals surface area (Å²) < 4.78 is 5.65. The van der Waals surface area contributed by atoms with Crippen LogP contribution in [0.25, 0.3) is 0 Å². The molecule has 5 N–H and O–H groups in total. The van der Waals surface area contributed by atoms with Crippen molar-refractivity contribution in [3.63, 3.8) is 0 Å². The van der Waals surface area contributed by atoms with Crippen molar-refractivity contribution in [3.05, 3.63) is 65.7 Å². The summed E-state index contributed by atoms with van der Waals surface area (Å²) in [4.78, 5) is 23.7. The lowest BCUT2D eigenvalue weighted by Crippen LogP contribution is -2.54. The molecule has 0 heterocycles. The average molecular weight is 343 g/mol. The fourth-order valence-electron chi connectivity index (χ4n) is 2.17. The lowest BCUT2D eigenvalue weighted by Gasteiger charge is -2.20. The molecule has 0 saturated heterocycles. The maximum absolute atomic E-state index is 12.2. The van der Waals surface area contributed by atoms with Crippen LogP contribution in [-0.2, 0) is 11.4 Å². The number of hydrogen-bond donors (Lipinski definition) is 4. The van der Waals surface area contributed by atoms with Gasteiger partial charge in [0, 0.05) is 11.6 Å². The zero-order valence-electron chi connectivity index (χ0n) is 13.8. The highest BCUT2D eigenvalue weighted by molar-refractivity contribution is 5.97. The first-order valence-corrected chi connectivity index (χ1v) is 7.78. The number of ether oxygens (including phenoxy) is 1. The Morgan fingerprint density at radius 2 is 1.76 bits per heavy atom. The van der Waals surface area contributed by atoms with Crippen LogP contribution >= 0.6 is 0 Å². The minimum atomic E-state index is -1.04. The van der Waals surface area contributed by atoms with Gasteiger partial charge in [0.1, 0.15) is 18.4 Å². The number of hydroxylamine groups is 1. The summed E-state index contributed by atoms with van der Waals surface area (Å²) in [5.41, 5.74) is 8.53. The third-order valence-corrected chi connectivity index (χ3v) is 3.57. The number of carbonyl (C=O) groups is 2. The fourth-order valence-corrected chi connectivity index (χ4v) is 2.17. The van der Waals surface area contributed by atoms with Crippen LogP contribution in [0.2, 0.25) is 0 Å². The van der Waals surface area contributed by atoms with Crippen molar-refractivity contribution in [2.45, 2.75) is 25.6 Å². The molecule has 25 heavy (non-hydrogen) atoms. The monoisotopic (exact) mass is 343 g/mol. The molecule has 2 rings (SSSR count). The smallest absolute Gasteiger partial charge is 0.267 e. The second-order valence-corrected chi connectivity index (χ2v) is 5.58. The van der Waals surface area contributed by atoms with Crippen molar-refractivity contribution in [3.8, 4) is 5.75 Å².